The number of ketones is 1. The van der Waals surface area contributed by atoms with Crippen molar-refractivity contribution in [3.63, 3.8) is 0 Å². The van der Waals surface area contributed by atoms with Crippen LogP contribution in [0.4, 0.5) is 0 Å². The van der Waals surface area contributed by atoms with Crippen LogP contribution in [0.3, 0.4) is 0 Å². The highest BCUT2D eigenvalue weighted by Gasteiger charge is 2.17. The van der Waals surface area contributed by atoms with Gasteiger partial charge < -0.3 is 9.30 Å². The second kappa shape index (κ2) is 5.56. The molecule has 6 heteroatoms. The molecule has 0 saturated heterocycles. The van der Waals surface area contributed by atoms with Crippen LogP contribution in [0.5, 0.6) is 0 Å². The fraction of sp³-hybridized carbons (Fsp3) is 0.214. The van der Waals surface area contributed by atoms with Gasteiger partial charge in [0.25, 0.3) is 5.78 Å². The van der Waals surface area contributed by atoms with Crippen molar-refractivity contribution in [3.05, 3.63) is 52.7 Å². The highest BCUT2D eigenvalue weighted by molar-refractivity contribution is 6.40. The largest absolute Gasteiger partial charge is 0.460 e. The predicted octanol–water partition coefficient (Wildman–Crippen LogP) is 0.922. The summed E-state index contributed by atoms with van der Waals surface area (Å²) in [4.78, 5) is 34.8. The van der Waals surface area contributed by atoms with Crippen molar-refractivity contribution >= 4 is 11.8 Å². The fourth-order valence-electron chi connectivity index (χ4n) is 1.75. The third-order valence-electron chi connectivity index (χ3n) is 2.82. The van der Waals surface area contributed by atoms with Gasteiger partial charge in [-0.1, -0.05) is 0 Å². The van der Waals surface area contributed by atoms with E-state index in [9.17, 15) is 14.4 Å². The maximum Gasteiger partial charge on any atom is 0.379 e. The van der Waals surface area contributed by atoms with Crippen molar-refractivity contribution in [2.75, 3.05) is 6.61 Å². The van der Waals surface area contributed by atoms with Gasteiger partial charge in [0.15, 0.2) is 0 Å². The van der Waals surface area contributed by atoms with Crippen molar-refractivity contribution in [2.45, 2.75) is 6.92 Å². The summed E-state index contributed by atoms with van der Waals surface area (Å²) in [5.41, 5.74) is 0.668. The Hall–Kier alpha value is -2.63. The second-order valence-corrected chi connectivity index (χ2v) is 4.16. The molecular weight excluding hydrogens is 260 g/mol. The Kier molecular flexibility index (Phi) is 3.84. The number of ether oxygens (including phenoxy) is 1. The summed E-state index contributed by atoms with van der Waals surface area (Å²) in [6.07, 6.45) is 3.27. The molecule has 2 aromatic rings. The topological polar surface area (TPSA) is 70.3 Å². The summed E-state index contributed by atoms with van der Waals surface area (Å²) in [6.45, 7) is 1.79. The number of hydrogen-bond acceptors (Lipinski definition) is 4. The number of imidazole rings is 1. The number of Topliss-reactive ketones (excluding diaryl/α,β-unsaturated/α-hetero) is 1. The number of aryl methyl sites for hydroxylation is 1. The number of hydrogen-bond donors (Lipinski definition) is 0. The molecule has 1 aromatic carbocycles. The van der Waals surface area contributed by atoms with E-state index in [0.29, 0.717) is 5.69 Å². The van der Waals surface area contributed by atoms with Crippen molar-refractivity contribution in [2.24, 2.45) is 7.05 Å². The monoisotopic (exact) mass is 274 g/mol. The van der Waals surface area contributed by atoms with E-state index in [1.54, 1.807) is 38.5 Å². The van der Waals surface area contributed by atoms with Crippen LogP contribution in [0.15, 0.2) is 41.5 Å². The summed E-state index contributed by atoms with van der Waals surface area (Å²) in [6, 6.07) is 6.20. The summed E-state index contributed by atoms with van der Waals surface area (Å²) in [7, 11) is 1.65. The molecule has 0 unspecified atom stereocenters. The number of esters is 1. The van der Waals surface area contributed by atoms with Gasteiger partial charge in [-0.3, -0.25) is 9.36 Å². The molecule has 0 aliphatic carbocycles. The molecule has 0 fully saturated rings. The Balaban J connectivity index is 2.27. The Morgan fingerprint density at radius 1 is 1.15 bits per heavy atom. The summed E-state index contributed by atoms with van der Waals surface area (Å²) >= 11 is 0. The SMILES string of the molecule is CCOC(=O)C(=O)c1ccc(-n2ccn(C)c2=O)cc1. The lowest BCUT2D eigenvalue weighted by Gasteiger charge is -2.04. The van der Waals surface area contributed by atoms with Crippen molar-refractivity contribution in [1.29, 1.82) is 0 Å². The molecule has 2 rings (SSSR count). The predicted molar refractivity (Wildman–Crippen MR) is 72.0 cm³/mol. The maximum atomic E-state index is 11.8. The average molecular weight is 274 g/mol. The molecule has 0 bridgehead atoms. The van der Waals surface area contributed by atoms with Crippen molar-refractivity contribution in [3.8, 4) is 5.69 Å². The standard InChI is InChI=1S/C14H14N2O4/c1-3-20-13(18)12(17)10-4-6-11(7-5-10)16-9-8-15(2)14(16)19/h4-9H,3H2,1-2H3. The van der Waals surface area contributed by atoms with E-state index >= 15 is 0 Å². The van der Waals surface area contributed by atoms with E-state index in [4.69, 9.17) is 0 Å². The van der Waals surface area contributed by atoms with E-state index in [0.717, 1.165) is 0 Å². The number of aromatic nitrogens is 2. The lowest BCUT2D eigenvalue weighted by Crippen LogP contribution is -2.21. The Labute approximate surface area is 115 Å². The molecule has 0 spiro atoms. The van der Waals surface area contributed by atoms with Crippen LogP contribution in [0, 0.1) is 0 Å². The normalized spacial score (nSPS) is 10.3. The van der Waals surface area contributed by atoms with Crippen molar-refractivity contribution < 1.29 is 14.3 Å². The number of benzene rings is 1. The first-order valence-corrected chi connectivity index (χ1v) is 6.10. The van der Waals surface area contributed by atoms with Gasteiger partial charge in [0.05, 0.1) is 12.3 Å². The molecule has 0 atom stereocenters. The summed E-state index contributed by atoms with van der Waals surface area (Å²) in [5, 5.41) is 0. The molecular formula is C14H14N2O4. The van der Waals surface area contributed by atoms with Crippen LogP contribution in [0.1, 0.15) is 17.3 Å². The van der Waals surface area contributed by atoms with Gasteiger partial charge in [0.1, 0.15) is 0 Å². The lowest BCUT2D eigenvalue weighted by molar-refractivity contribution is -0.137. The summed E-state index contributed by atoms with van der Waals surface area (Å²) in [5.74, 6) is -1.57. The van der Waals surface area contributed by atoms with Gasteiger partial charge in [0, 0.05) is 25.0 Å². The van der Waals surface area contributed by atoms with E-state index < -0.39 is 11.8 Å². The number of nitrogens with zero attached hydrogens (tertiary/aromatic N) is 2. The number of carbonyl (C=O) groups excluding carboxylic acids is 2. The van der Waals surface area contributed by atoms with E-state index in [2.05, 4.69) is 4.74 Å². The quantitative estimate of drug-likeness (QED) is 0.472. The number of rotatable bonds is 4. The third kappa shape index (κ3) is 2.54. The lowest BCUT2D eigenvalue weighted by atomic mass is 10.1. The van der Waals surface area contributed by atoms with Crippen LogP contribution in [0.2, 0.25) is 0 Å². The Morgan fingerprint density at radius 3 is 2.30 bits per heavy atom. The van der Waals surface area contributed by atoms with Gasteiger partial charge in [-0.25, -0.2) is 9.59 Å². The van der Waals surface area contributed by atoms with Crippen LogP contribution in [-0.2, 0) is 16.6 Å². The minimum Gasteiger partial charge on any atom is -0.460 e. The molecule has 0 aliphatic heterocycles. The minimum atomic E-state index is -0.878. The van der Waals surface area contributed by atoms with Gasteiger partial charge in [-0.15, -0.1) is 0 Å². The molecule has 20 heavy (non-hydrogen) atoms. The first-order valence-electron chi connectivity index (χ1n) is 6.10. The summed E-state index contributed by atoms with van der Waals surface area (Å²) < 4.78 is 7.53. The molecule has 0 amide bonds. The van der Waals surface area contributed by atoms with Crippen LogP contribution >= 0.6 is 0 Å². The highest BCUT2D eigenvalue weighted by atomic mass is 16.5. The van der Waals surface area contributed by atoms with E-state index in [1.165, 1.54) is 21.3 Å². The molecule has 0 radical (unpaired) electrons. The van der Waals surface area contributed by atoms with Gasteiger partial charge in [0.2, 0.25) is 0 Å². The average Bonchev–Trinajstić information content (AvgIpc) is 2.79. The second-order valence-electron chi connectivity index (χ2n) is 4.16. The zero-order valence-corrected chi connectivity index (χ0v) is 11.2. The van der Waals surface area contributed by atoms with Crippen LogP contribution in [-0.4, -0.2) is 27.5 Å². The van der Waals surface area contributed by atoms with Gasteiger partial charge >= 0.3 is 11.7 Å². The smallest absolute Gasteiger partial charge is 0.379 e. The van der Waals surface area contributed by atoms with Crippen molar-refractivity contribution in [1.82, 2.24) is 9.13 Å². The zero-order chi connectivity index (χ0) is 14.7. The molecule has 0 saturated carbocycles. The molecule has 6 nitrogen and oxygen atoms in total. The molecule has 1 aromatic heterocycles. The molecule has 1 heterocycles. The van der Waals surface area contributed by atoms with Crippen LogP contribution in [0.25, 0.3) is 5.69 Å². The van der Waals surface area contributed by atoms with E-state index in [1.807, 2.05) is 0 Å². The zero-order valence-electron chi connectivity index (χ0n) is 11.2. The maximum absolute atomic E-state index is 11.8. The number of carbonyl (C=O) groups is 2. The highest BCUT2D eigenvalue weighted by Crippen LogP contribution is 2.09. The first-order chi connectivity index (χ1) is 9.54. The van der Waals surface area contributed by atoms with Gasteiger partial charge in [-0.05, 0) is 31.2 Å². The Bertz CT molecular complexity index is 695. The van der Waals surface area contributed by atoms with Crippen LogP contribution < -0.4 is 5.69 Å². The minimum absolute atomic E-state index is 0.155. The van der Waals surface area contributed by atoms with E-state index in [-0.39, 0.29) is 17.9 Å². The molecule has 0 N–H and O–H groups in total. The first kappa shape index (κ1) is 13.8. The molecule has 104 valence electrons. The van der Waals surface area contributed by atoms with Gasteiger partial charge in [-0.2, -0.15) is 0 Å². The third-order valence-corrected chi connectivity index (χ3v) is 2.82. The molecule has 0 aliphatic rings. The fourth-order valence-corrected chi connectivity index (χ4v) is 1.75. The Morgan fingerprint density at radius 2 is 1.80 bits per heavy atom.